The molecular weight excluding hydrogens is 448 g/mol. The van der Waals surface area contributed by atoms with Gasteiger partial charge in [-0.05, 0) is 60.9 Å². The molecule has 1 aliphatic rings. The highest BCUT2D eigenvalue weighted by atomic mass is 35.5. The fourth-order valence-corrected chi connectivity index (χ4v) is 4.70. The second-order valence-corrected chi connectivity index (χ2v) is 8.81. The Labute approximate surface area is 204 Å². The average Bonchev–Trinajstić information content (AvgIpc) is 3.41. The summed E-state index contributed by atoms with van der Waals surface area (Å²) in [6, 6.07) is 18.3. The van der Waals surface area contributed by atoms with Crippen molar-refractivity contribution >= 4 is 33.9 Å². The normalized spacial score (nSPS) is 13.3. The smallest absolute Gasteiger partial charge is 0.127 e. The number of aromatic nitrogens is 2. The van der Waals surface area contributed by atoms with Crippen LogP contribution in [-0.2, 0) is 6.54 Å². The van der Waals surface area contributed by atoms with Gasteiger partial charge in [-0.15, -0.1) is 0 Å². The summed E-state index contributed by atoms with van der Waals surface area (Å²) in [5.74, 6) is 1.54. The van der Waals surface area contributed by atoms with Gasteiger partial charge in [0.15, 0.2) is 0 Å². The van der Waals surface area contributed by atoms with E-state index in [1.807, 2.05) is 30.3 Å². The maximum absolute atomic E-state index is 6.39. The minimum atomic E-state index is 0.586. The predicted molar refractivity (Wildman–Crippen MR) is 138 cm³/mol. The van der Waals surface area contributed by atoms with Crippen LogP contribution in [-0.4, -0.2) is 37.5 Å². The van der Waals surface area contributed by atoms with E-state index < -0.39 is 0 Å². The summed E-state index contributed by atoms with van der Waals surface area (Å²) >= 11 is 6.39. The lowest BCUT2D eigenvalue weighted by Gasteiger charge is -2.22. The minimum absolute atomic E-state index is 0.586. The summed E-state index contributed by atoms with van der Waals surface area (Å²) in [7, 11) is 3.31. The van der Waals surface area contributed by atoms with Crippen LogP contribution in [0.5, 0.6) is 11.5 Å². The van der Waals surface area contributed by atoms with Gasteiger partial charge in [-0.3, -0.25) is 0 Å². The second kappa shape index (κ2) is 9.77. The molecule has 1 fully saturated rings. The van der Waals surface area contributed by atoms with Crippen molar-refractivity contribution in [1.82, 2.24) is 10.2 Å². The first-order valence-corrected chi connectivity index (χ1v) is 11.8. The fraction of sp³-hybridized carbons (Fsp3) is 0.259. The van der Waals surface area contributed by atoms with Crippen LogP contribution in [0, 0.1) is 0 Å². The maximum Gasteiger partial charge on any atom is 0.127 e. The lowest BCUT2D eigenvalue weighted by molar-refractivity contribution is 0.391. The van der Waals surface area contributed by atoms with Crippen molar-refractivity contribution in [2.75, 3.05) is 37.5 Å². The molecule has 1 aliphatic heterocycles. The predicted octanol–water partition coefficient (Wildman–Crippen LogP) is 6.18. The molecule has 1 saturated heterocycles. The van der Waals surface area contributed by atoms with Gasteiger partial charge in [0.1, 0.15) is 11.5 Å². The summed E-state index contributed by atoms with van der Waals surface area (Å²) in [4.78, 5) is 2.43. The number of ether oxygens (including phenoxy) is 2. The summed E-state index contributed by atoms with van der Waals surface area (Å²) in [6.45, 7) is 2.74. The lowest BCUT2D eigenvalue weighted by Crippen LogP contribution is -2.18. The molecule has 1 N–H and O–H groups in total. The van der Waals surface area contributed by atoms with Crippen molar-refractivity contribution in [2.24, 2.45) is 0 Å². The molecule has 174 valence electrons. The van der Waals surface area contributed by atoms with E-state index in [0.29, 0.717) is 6.54 Å². The average molecular weight is 475 g/mol. The quantitative estimate of drug-likeness (QED) is 0.345. The van der Waals surface area contributed by atoms with Gasteiger partial charge in [0.05, 0.1) is 31.6 Å². The molecule has 3 aromatic carbocycles. The Morgan fingerprint density at radius 2 is 1.82 bits per heavy atom. The molecule has 0 saturated carbocycles. The Hall–Kier alpha value is -3.51. The summed E-state index contributed by atoms with van der Waals surface area (Å²) < 4.78 is 10.8. The first-order valence-electron chi connectivity index (χ1n) is 11.4. The lowest BCUT2D eigenvalue weighted by atomic mass is 10.0. The van der Waals surface area contributed by atoms with Gasteiger partial charge in [-0.25, -0.2) is 0 Å². The molecule has 0 amide bonds. The van der Waals surface area contributed by atoms with Crippen LogP contribution < -0.4 is 19.7 Å². The van der Waals surface area contributed by atoms with Crippen LogP contribution in [0.2, 0.25) is 5.02 Å². The van der Waals surface area contributed by atoms with Crippen molar-refractivity contribution in [1.29, 1.82) is 0 Å². The maximum atomic E-state index is 6.39. The molecule has 6 nitrogen and oxygen atoms in total. The van der Waals surface area contributed by atoms with E-state index in [2.05, 4.69) is 44.7 Å². The molecule has 0 bridgehead atoms. The van der Waals surface area contributed by atoms with E-state index in [1.54, 1.807) is 20.4 Å². The highest BCUT2D eigenvalue weighted by Gasteiger charge is 2.18. The number of halogens is 1. The van der Waals surface area contributed by atoms with Crippen molar-refractivity contribution in [3.63, 3.8) is 0 Å². The van der Waals surface area contributed by atoms with Crippen LogP contribution in [0.4, 0.5) is 11.4 Å². The van der Waals surface area contributed by atoms with E-state index in [-0.39, 0.29) is 0 Å². The van der Waals surface area contributed by atoms with E-state index in [1.165, 1.54) is 18.5 Å². The number of fused-ring (bicyclic) bond motifs is 1. The van der Waals surface area contributed by atoms with Gasteiger partial charge in [-0.1, -0.05) is 17.7 Å². The summed E-state index contributed by atoms with van der Waals surface area (Å²) in [6.07, 6.45) is 4.20. The Morgan fingerprint density at radius 1 is 0.971 bits per heavy atom. The number of hydrogen-bond donors (Lipinski definition) is 1. The van der Waals surface area contributed by atoms with E-state index in [4.69, 9.17) is 21.1 Å². The van der Waals surface area contributed by atoms with Gasteiger partial charge in [-0.2, -0.15) is 10.2 Å². The van der Waals surface area contributed by atoms with Crippen molar-refractivity contribution in [2.45, 2.75) is 19.4 Å². The van der Waals surface area contributed by atoms with E-state index in [9.17, 15) is 0 Å². The van der Waals surface area contributed by atoms with Crippen LogP contribution in [0.3, 0.4) is 0 Å². The summed E-state index contributed by atoms with van der Waals surface area (Å²) in [5.41, 5.74) is 6.20. The Kier molecular flexibility index (Phi) is 6.41. The fourth-order valence-electron chi connectivity index (χ4n) is 4.53. The summed E-state index contributed by atoms with van der Waals surface area (Å²) in [5, 5.41) is 13.9. The Bertz CT molecular complexity index is 1320. The third-order valence-electron chi connectivity index (χ3n) is 6.32. The molecule has 5 rings (SSSR count). The minimum Gasteiger partial charge on any atom is -0.497 e. The van der Waals surface area contributed by atoms with Crippen LogP contribution in [0.1, 0.15) is 18.4 Å². The van der Waals surface area contributed by atoms with E-state index in [0.717, 1.165) is 62.9 Å². The van der Waals surface area contributed by atoms with Crippen LogP contribution in [0.25, 0.3) is 22.0 Å². The van der Waals surface area contributed by atoms with Crippen molar-refractivity contribution in [3.05, 3.63) is 71.4 Å². The van der Waals surface area contributed by atoms with Gasteiger partial charge in [0.2, 0.25) is 0 Å². The molecule has 7 heteroatoms. The molecule has 2 heterocycles. The first-order chi connectivity index (χ1) is 16.7. The van der Waals surface area contributed by atoms with E-state index >= 15 is 0 Å². The highest BCUT2D eigenvalue weighted by Crippen LogP contribution is 2.37. The topological polar surface area (TPSA) is 59.5 Å². The second-order valence-electron chi connectivity index (χ2n) is 8.38. The standard InChI is InChI=1S/C27H27ClN4O2/c1-33-21-8-5-19(27(15-21)34-2)16-29-25-17-30-31-24-13-18(6-9-22(24)25)23-14-20(28)7-10-26(23)32-11-3-4-12-32/h5-10,13-15,17H,3-4,11-12,16H2,1-2H3,(H,29,31). The van der Waals surface area contributed by atoms with Gasteiger partial charge in [0, 0.05) is 52.9 Å². The number of anilines is 2. The molecule has 0 atom stereocenters. The van der Waals surface area contributed by atoms with Crippen LogP contribution in [0.15, 0.2) is 60.8 Å². The zero-order valence-corrected chi connectivity index (χ0v) is 20.1. The first kappa shape index (κ1) is 22.3. The largest absolute Gasteiger partial charge is 0.497 e. The van der Waals surface area contributed by atoms with Crippen molar-refractivity contribution < 1.29 is 9.47 Å². The van der Waals surface area contributed by atoms with Crippen LogP contribution >= 0.6 is 11.6 Å². The van der Waals surface area contributed by atoms with Gasteiger partial charge in [0.25, 0.3) is 0 Å². The number of methoxy groups -OCH3 is 2. The molecule has 1 aromatic heterocycles. The third-order valence-corrected chi connectivity index (χ3v) is 6.56. The molecular formula is C27H27ClN4O2. The number of nitrogens with one attached hydrogen (secondary N) is 1. The van der Waals surface area contributed by atoms with Gasteiger partial charge >= 0.3 is 0 Å². The number of nitrogens with zero attached hydrogens (tertiary/aromatic N) is 3. The number of rotatable bonds is 7. The highest BCUT2D eigenvalue weighted by molar-refractivity contribution is 6.31. The zero-order chi connectivity index (χ0) is 23.5. The molecule has 0 radical (unpaired) electrons. The Morgan fingerprint density at radius 3 is 2.62 bits per heavy atom. The zero-order valence-electron chi connectivity index (χ0n) is 19.3. The SMILES string of the molecule is COc1ccc(CNc2cnnc3cc(-c4cc(Cl)ccc4N4CCCC4)ccc23)c(OC)c1. The third kappa shape index (κ3) is 4.46. The molecule has 0 aliphatic carbocycles. The molecule has 0 spiro atoms. The number of hydrogen-bond acceptors (Lipinski definition) is 6. The Balaban J connectivity index is 1.45. The monoisotopic (exact) mass is 474 g/mol. The molecule has 34 heavy (non-hydrogen) atoms. The van der Waals surface area contributed by atoms with Gasteiger partial charge < -0.3 is 19.7 Å². The number of benzene rings is 3. The van der Waals surface area contributed by atoms with Crippen molar-refractivity contribution in [3.8, 4) is 22.6 Å². The molecule has 4 aromatic rings. The molecule has 0 unspecified atom stereocenters.